The number of rotatable bonds is 2. The van der Waals surface area contributed by atoms with Crippen LogP contribution in [-0.2, 0) is 6.42 Å². The lowest BCUT2D eigenvalue weighted by Crippen LogP contribution is -2.24. The van der Waals surface area contributed by atoms with Gasteiger partial charge in [0.1, 0.15) is 5.69 Å². The third-order valence-corrected chi connectivity index (χ3v) is 3.25. The van der Waals surface area contributed by atoms with Crippen molar-refractivity contribution in [2.24, 2.45) is 0 Å². The van der Waals surface area contributed by atoms with Crippen molar-refractivity contribution in [1.29, 1.82) is 0 Å². The van der Waals surface area contributed by atoms with E-state index < -0.39 is 0 Å². The molecule has 0 aliphatic carbocycles. The molecule has 0 fully saturated rings. The summed E-state index contributed by atoms with van der Waals surface area (Å²) in [6, 6.07) is 14.2. The number of benzene rings is 1. The highest BCUT2D eigenvalue weighted by molar-refractivity contribution is 5.68. The minimum absolute atomic E-state index is 0.773. The van der Waals surface area contributed by atoms with Gasteiger partial charge in [-0.15, -0.1) is 0 Å². The molecule has 3 N–H and O–H groups in total. The number of hydrogen-bond acceptors (Lipinski definition) is 1. The summed E-state index contributed by atoms with van der Waals surface area (Å²) in [5.74, 6) is 0. The molecule has 0 amide bonds. The van der Waals surface area contributed by atoms with E-state index in [-0.39, 0.29) is 0 Å². The number of nitrogens with one attached hydrogen (secondary N) is 1. The van der Waals surface area contributed by atoms with Crippen LogP contribution in [0.5, 0.6) is 0 Å². The quantitative estimate of drug-likeness (QED) is 0.662. The van der Waals surface area contributed by atoms with Crippen LogP contribution in [0.15, 0.2) is 48.7 Å². The number of H-pyrrole nitrogens is 1. The van der Waals surface area contributed by atoms with Gasteiger partial charge in [-0.05, 0) is 12.1 Å². The second kappa shape index (κ2) is 4.18. The van der Waals surface area contributed by atoms with E-state index in [4.69, 9.17) is 5.73 Å². The summed E-state index contributed by atoms with van der Waals surface area (Å²) in [6.45, 7) is 2.16. The monoisotopic (exact) mass is 238 g/mol. The molecule has 0 unspecified atom stereocenters. The van der Waals surface area contributed by atoms with Crippen LogP contribution in [0.2, 0.25) is 0 Å². The standard InChI is InChI=1S/C15H15N3/c1-2-13-14(11-7-4-3-5-8-11)17-15-12(16)9-6-10-18(13)15/h3-10H,2,16H2,1H3/p+1. The van der Waals surface area contributed by atoms with E-state index in [1.165, 1.54) is 11.3 Å². The van der Waals surface area contributed by atoms with Crippen LogP contribution in [0.1, 0.15) is 12.6 Å². The van der Waals surface area contributed by atoms with Gasteiger partial charge in [0.25, 0.3) is 0 Å². The lowest BCUT2D eigenvalue weighted by atomic mass is 10.1. The predicted molar refractivity (Wildman–Crippen MR) is 73.2 cm³/mol. The van der Waals surface area contributed by atoms with Crippen molar-refractivity contribution in [3.63, 3.8) is 0 Å². The fourth-order valence-corrected chi connectivity index (χ4v) is 2.38. The number of hydrogen-bond donors (Lipinski definition) is 2. The number of anilines is 1. The van der Waals surface area contributed by atoms with E-state index in [0.717, 1.165) is 23.4 Å². The number of aryl methyl sites for hydroxylation is 1. The van der Waals surface area contributed by atoms with E-state index >= 15 is 0 Å². The average Bonchev–Trinajstić information content (AvgIpc) is 2.80. The molecule has 0 saturated heterocycles. The van der Waals surface area contributed by atoms with Crippen molar-refractivity contribution in [2.45, 2.75) is 13.3 Å². The summed E-state index contributed by atoms with van der Waals surface area (Å²) in [4.78, 5) is 3.44. The Kier molecular flexibility index (Phi) is 2.52. The first-order valence-corrected chi connectivity index (χ1v) is 6.17. The molecule has 3 nitrogen and oxygen atoms in total. The van der Waals surface area contributed by atoms with Crippen LogP contribution in [0.4, 0.5) is 5.69 Å². The van der Waals surface area contributed by atoms with Gasteiger partial charge in [0.2, 0.25) is 0 Å². The first-order valence-electron chi connectivity index (χ1n) is 6.17. The molecule has 0 saturated carbocycles. The molecule has 0 aliphatic rings. The topological polar surface area (TPSA) is 45.9 Å². The lowest BCUT2D eigenvalue weighted by Gasteiger charge is -1.96. The summed E-state index contributed by atoms with van der Waals surface area (Å²) < 4.78 is 2.14. The number of nitrogen functional groups attached to an aromatic ring is 1. The van der Waals surface area contributed by atoms with Crippen molar-refractivity contribution in [1.82, 2.24) is 4.98 Å². The van der Waals surface area contributed by atoms with Gasteiger partial charge in [-0.25, -0.2) is 4.98 Å². The van der Waals surface area contributed by atoms with E-state index in [9.17, 15) is 0 Å². The Morgan fingerprint density at radius 3 is 2.61 bits per heavy atom. The largest absolute Gasteiger partial charge is 0.392 e. The highest BCUT2D eigenvalue weighted by atomic mass is 15.0. The number of aromatic nitrogens is 2. The zero-order chi connectivity index (χ0) is 12.5. The fourth-order valence-electron chi connectivity index (χ4n) is 2.38. The van der Waals surface area contributed by atoms with Gasteiger partial charge in [-0.3, -0.25) is 0 Å². The van der Waals surface area contributed by atoms with Gasteiger partial charge in [0.15, 0.2) is 11.4 Å². The van der Waals surface area contributed by atoms with Gasteiger partial charge in [0.05, 0.1) is 6.20 Å². The SMILES string of the molecule is CCc1c(-c2ccccc2)[nH]c2c(N)ccc[n+]12. The normalized spacial score (nSPS) is 10.9. The molecule has 0 radical (unpaired) electrons. The Bertz CT molecular complexity index is 684. The maximum atomic E-state index is 6.02. The van der Waals surface area contributed by atoms with Crippen molar-refractivity contribution in [3.8, 4) is 11.3 Å². The highest BCUT2D eigenvalue weighted by Gasteiger charge is 2.20. The number of fused-ring (bicyclic) bond motifs is 1. The number of pyridine rings is 1. The molecule has 1 aromatic carbocycles. The van der Waals surface area contributed by atoms with Crippen LogP contribution in [0.3, 0.4) is 0 Å². The molecule has 0 bridgehead atoms. The first kappa shape index (κ1) is 10.8. The van der Waals surface area contributed by atoms with Crippen LogP contribution >= 0.6 is 0 Å². The van der Waals surface area contributed by atoms with Crippen LogP contribution in [-0.4, -0.2) is 4.98 Å². The zero-order valence-corrected chi connectivity index (χ0v) is 10.4. The Morgan fingerprint density at radius 1 is 1.11 bits per heavy atom. The zero-order valence-electron chi connectivity index (χ0n) is 10.4. The Morgan fingerprint density at radius 2 is 1.89 bits per heavy atom. The van der Waals surface area contributed by atoms with Crippen LogP contribution in [0.25, 0.3) is 16.9 Å². The molecule has 0 spiro atoms. The molecular weight excluding hydrogens is 222 g/mol. The van der Waals surface area contributed by atoms with Crippen molar-refractivity contribution >= 4 is 11.3 Å². The predicted octanol–water partition coefficient (Wildman–Crippen LogP) is 2.56. The molecule has 90 valence electrons. The summed E-state index contributed by atoms with van der Waals surface area (Å²) >= 11 is 0. The molecular formula is C15H16N3+. The van der Waals surface area contributed by atoms with Gasteiger partial charge in [0, 0.05) is 12.0 Å². The average molecular weight is 238 g/mol. The maximum Gasteiger partial charge on any atom is 0.308 e. The van der Waals surface area contributed by atoms with Gasteiger partial charge < -0.3 is 5.73 Å². The van der Waals surface area contributed by atoms with Crippen molar-refractivity contribution < 1.29 is 4.40 Å². The minimum Gasteiger partial charge on any atom is -0.392 e. The maximum absolute atomic E-state index is 6.02. The van der Waals surface area contributed by atoms with Crippen LogP contribution in [0, 0.1) is 0 Å². The number of aromatic amines is 1. The molecule has 3 aromatic rings. The van der Waals surface area contributed by atoms with Crippen LogP contribution < -0.4 is 10.1 Å². The smallest absolute Gasteiger partial charge is 0.308 e. The molecule has 2 heterocycles. The Balaban J connectivity index is 2.33. The van der Waals surface area contributed by atoms with Crippen molar-refractivity contribution in [2.75, 3.05) is 5.73 Å². The second-order valence-electron chi connectivity index (χ2n) is 4.35. The van der Waals surface area contributed by atoms with E-state index in [1.54, 1.807) is 0 Å². The molecule has 18 heavy (non-hydrogen) atoms. The Hall–Kier alpha value is -2.29. The summed E-state index contributed by atoms with van der Waals surface area (Å²) in [7, 11) is 0. The van der Waals surface area contributed by atoms with Gasteiger partial charge in [-0.1, -0.05) is 37.3 Å². The number of imidazole rings is 1. The molecule has 2 aromatic heterocycles. The third-order valence-electron chi connectivity index (χ3n) is 3.25. The third kappa shape index (κ3) is 1.56. The van der Waals surface area contributed by atoms with E-state index in [1.807, 2.05) is 36.5 Å². The number of nitrogens with two attached hydrogens (primary N) is 1. The number of nitrogens with zero attached hydrogens (tertiary/aromatic N) is 1. The Labute approximate surface area is 106 Å². The van der Waals surface area contributed by atoms with Gasteiger partial charge in [-0.2, -0.15) is 4.40 Å². The van der Waals surface area contributed by atoms with E-state index in [2.05, 4.69) is 28.4 Å². The fraction of sp³-hybridized carbons (Fsp3) is 0.133. The molecule has 0 atom stereocenters. The minimum atomic E-state index is 0.773. The summed E-state index contributed by atoms with van der Waals surface area (Å²) in [5, 5.41) is 0. The van der Waals surface area contributed by atoms with Gasteiger partial charge >= 0.3 is 5.65 Å². The van der Waals surface area contributed by atoms with E-state index in [0.29, 0.717) is 0 Å². The highest BCUT2D eigenvalue weighted by Crippen LogP contribution is 2.22. The summed E-state index contributed by atoms with van der Waals surface area (Å²) in [6.07, 6.45) is 3.01. The molecule has 3 heteroatoms. The molecule has 0 aliphatic heterocycles. The first-order chi connectivity index (χ1) is 8.81. The summed E-state index contributed by atoms with van der Waals surface area (Å²) in [5.41, 5.74) is 11.4. The lowest BCUT2D eigenvalue weighted by molar-refractivity contribution is -0.518. The van der Waals surface area contributed by atoms with Crippen molar-refractivity contribution in [3.05, 3.63) is 54.4 Å². The molecule has 3 rings (SSSR count). The second-order valence-corrected chi connectivity index (χ2v) is 4.35.